The topological polar surface area (TPSA) is 46.5 Å². The highest BCUT2D eigenvalue weighted by Gasteiger charge is 2.17. The molecule has 0 aliphatic rings. The molecule has 4 heteroatoms. The molecule has 3 heterocycles. The normalized spacial score (nSPS) is 11.8. The molecule has 3 aromatic heterocycles. The molecule has 0 bridgehead atoms. The smallest absolute Gasteiger partial charge is 0.118 e. The van der Waals surface area contributed by atoms with Gasteiger partial charge < -0.3 is 9.55 Å². The van der Waals surface area contributed by atoms with Gasteiger partial charge in [0.2, 0.25) is 0 Å². The van der Waals surface area contributed by atoms with E-state index in [2.05, 4.69) is 80.4 Å². The number of nitrogens with one attached hydrogen (secondary N) is 1. The summed E-state index contributed by atoms with van der Waals surface area (Å²) in [5.41, 5.74) is 6.59. The van der Waals surface area contributed by atoms with E-state index in [4.69, 9.17) is 0 Å². The summed E-state index contributed by atoms with van der Waals surface area (Å²) < 4.78 is 2.32. The summed E-state index contributed by atoms with van der Waals surface area (Å²) in [6.07, 6.45) is 1.72. The molecule has 3 aromatic carbocycles. The van der Waals surface area contributed by atoms with Gasteiger partial charge in [0.25, 0.3) is 0 Å². The second-order valence-corrected chi connectivity index (χ2v) is 6.49. The van der Waals surface area contributed by atoms with E-state index in [1.54, 1.807) is 6.20 Å². The van der Waals surface area contributed by atoms with Gasteiger partial charge in [-0.1, -0.05) is 36.4 Å². The van der Waals surface area contributed by atoms with Crippen molar-refractivity contribution in [3.63, 3.8) is 0 Å². The summed E-state index contributed by atoms with van der Waals surface area (Å²) in [6.45, 7) is 0. The summed E-state index contributed by atoms with van der Waals surface area (Å²) in [5.74, 6) is 0. The second kappa shape index (κ2) is 4.92. The number of nitrogens with zero attached hydrogens (tertiary/aromatic N) is 3. The highest BCUT2D eigenvalue weighted by atomic mass is 15.1. The average molecular weight is 334 g/mol. The number of hydrogen-bond donors (Lipinski definition) is 1. The SMILES string of the molecule is c1ccc(-n2c3ccccc3c3c4[nH]c5ccnnc5c4ccc32)cc1. The lowest BCUT2D eigenvalue weighted by molar-refractivity contribution is 1.08. The Hall–Kier alpha value is -3.66. The van der Waals surface area contributed by atoms with E-state index in [1.165, 1.54) is 21.8 Å². The quantitative estimate of drug-likeness (QED) is 0.449. The first kappa shape index (κ1) is 13.6. The third kappa shape index (κ3) is 1.68. The number of fused-ring (bicyclic) bond motifs is 7. The number of aromatic amines is 1. The Balaban J connectivity index is 1.89. The molecule has 0 aliphatic heterocycles. The van der Waals surface area contributed by atoms with Crippen molar-refractivity contribution in [2.45, 2.75) is 0 Å². The Labute approximate surface area is 148 Å². The molecule has 0 saturated heterocycles. The third-order valence-corrected chi connectivity index (χ3v) is 5.09. The van der Waals surface area contributed by atoms with E-state index in [0.717, 1.165) is 27.6 Å². The van der Waals surface area contributed by atoms with E-state index in [9.17, 15) is 0 Å². The zero-order chi connectivity index (χ0) is 17.1. The Morgan fingerprint density at radius 2 is 1.58 bits per heavy atom. The Kier molecular flexibility index (Phi) is 2.58. The lowest BCUT2D eigenvalue weighted by atomic mass is 10.1. The van der Waals surface area contributed by atoms with Crippen LogP contribution >= 0.6 is 0 Å². The number of benzene rings is 3. The Bertz CT molecular complexity index is 1420. The van der Waals surface area contributed by atoms with Crippen LogP contribution in [0.2, 0.25) is 0 Å². The van der Waals surface area contributed by atoms with E-state index in [-0.39, 0.29) is 0 Å². The monoisotopic (exact) mass is 334 g/mol. The summed E-state index contributed by atoms with van der Waals surface area (Å²) in [5, 5.41) is 12.0. The lowest BCUT2D eigenvalue weighted by Crippen LogP contribution is -1.92. The molecule has 0 radical (unpaired) electrons. The van der Waals surface area contributed by atoms with Gasteiger partial charge >= 0.3 is 0 Å². The van der Waals surface area contributed by atoms with E-state index in [1.807, 2.05) is 12.1 Å². The molecule has 0 spiro atoms. The third-order valence-electron chi connectivity index (χ3n) is 5.09. The summed E-state index contributed by atoms with van der Waals surface area (Å²) >= 11 is 0. The molecular formula is C22H14N4. The van der Waals surface area contributed by atoms with Crippen molar-refractivity contribution < 1.29 is 0 Å². The van der Waals surface area contributed by atoms with Gasteiger partial charge in [0, 0.05) is 21.8 Å². The Morgan fingerprint density at radius 1 is 0.731 bits per heavy atom. The molecule has 26 heavy (non-hydrogen) atoms. The summed E-state index contributed by atoms with van der Waals surface area (Å²) in [4.78, 5) is 3.56. The molecule has 0 fully saturated rings. The van der Waals surface area contributed by atoms with Gasteiger partial charge in [-0.25, -0.2) is 0 Å². The molecule has 122 valence electrons. The zero-order valence-corrected chi connectivity index (χ0v) is 13.8. The van der Waals surface area contributed by atoms with Gasteiger partial charge in [0.05, 0.1) is 28.3 Å². The molecule has 0 saturated carbocycles. The first-order valence-electron chi connectivity index (χ1n) is 8.62. The molecule has 6 aromatic rings. The fraction of sp³-hybridized carbons (Fsp3) is 0. The highest BCUT2D eigenvalue weighted by Crippen LogP contribution is 2.38. The summed E-state index contributed by atoms with van der Waals surface area (Å²) in [7, 11) is 0. The van der Waals surface area contributed by atoms with E-state index >= 15 is 0 Å². The molecule has 0 unspecified atom stereocenters. The van der Waals surface area contributed by atoms with Crippen molar-refractivity contribution in [2.24, 2.45) is 0 Å². The fourth-order valence-corrected chi connectivity index (χ4v) is 4.01. The maximum Gasteiger partial charge on any atom is 0.118 e. The average Bonchev–Trinajstić information content (AvgIpc) is 3.24. The van der Waals surface area contributed by atoms with Crippen molar-refractivity contribution in [1.29, 1.82) is 0 Å². The van der Waals surface area contributed by atoms with Crippen LogP contribution in [0, 0.1) is 0 Å². The van der Waals surface area contributed by atoms with Crippen LogP contribution in [-0.2, 0) is 0 Å². The van der Waals surface area contributed by atoms with Crippen LogP contribution < -0.4 is 0 Å². The highest BCUT2D eigenvalue weighted by molar-refractivity contribution is 6.24. The molecule has 1 N–H and O–H groups in total. The van der Waals surface area contributed by atoms with Crippen molar-refractivity contribution in [3.05, 3.63) is 79.0 Å². The maximum atomic E-state index is 4.33. The molecule has 4 nitrogen and oxygen atoms in total. The minimum absolute atomic E-state index is 0.918. The molecule has 6 rings (SSSR count). The van der Waals surface area contributed by atoms with Crippen LogP contribution in [0.4, 0.5) is 0 Å². The van der Waals surface area contributed by atoms with Crippen molar-refractivity contribution in [1.82, 2.24) is 19.7 Å². The van der Waals surface area contributed by atoms with Gasteiger partial charge in [-0.05, 0) is 36.4 Å². The first-order chi connectivity index (χ1) is 12.9. The number of aromatic nitrogens is 4. The Morgan fingerprint density at radius 3 is 2.50 bits per heavy atom. The van der Waals surface area contributed by atoms with Crippen LogP contribution in [0.1, 0.15) is 0 Å². The summed E-state index contributed by atoms with van der Waals surface area (Å²) in [6, 6.07) is 25.4. The fourth-order valence-electron chi connectivity index (χ4n) is 4.01. The predicted octanol–water partition coefficient (Wildman–Crippen LogP) is 5.21. The van der Waals surface area contributed by atoms with Crippen molar-refractivity contribution in [3.8, 4) is 5.69 Å². The second-order valence-electron chi connectivity index (χ2n) is 6.49. The van der Waals surface area contributed by atoms with Crippen LogP contribution in [0.5, 0.6) is 0 Å². The van der Waals surface area contributed by atoms with Gasteiger partial charge in [-0.2, -0.15) is 5.10 Å². The van der Waals surface area contributed by atoms with Crippen molar-refractivity contribution in [2.75, 3.05) is 0 Å². The minimum Gasteiger partial charge on any atom is -0.353 e. The minimum atomic E-state index is 0.918. The van der Waals surface area contributed by atoms with Gasteiger partial charge in [-0.15, -0.1) is 5.10 Å². The lowest BCUT2D eigenvalue weighted by Gasteiger charge is -2.07. The van der Waals surface area contributed by atoms with Crippen LogP contribution in [0.25, 0.3) is 49.4 Å². The number of hydrogen-bond acceptors (Lipinski definition) is 2. The van der Waals surface area contributed by atoms with Gasteiger partial charge in [0.15, 0.2) is 0 Å². The zero-order valence-electron chi connectivity index (χ0n) is 13.8. The number of para-hydroxylation sites is 2. The maximum absolute atomic E-state index is 4.33. The molecule has 0 atom stereocenters. The number of H-pyrrole nitrogens is 1. The molecule has 0 aliphatic carbocycles. The van der Waals surface area contributed by atoms with Crippen LogP contribution in [0.15, 0.2) is 79.0 Å². The van der Waals surface area contributed by atoms with E-state index < -0.39 is 0 Å². The van der Waals surface area contributed by atoms with E-state index in [0.29, 0.717) is 0 Å². The number of rotatable bonds is 1. The molecular weight excluding hydrogens is 320 g/mol. The standard InChI is InChI=1S/C22H14N4/c1-2-6-14(7-3-1)26-18-9-5-4-8-15(18)20-19(26)11-10-16-21-17(24-22(16)20)12-13-23-25-21/h1-13,24H. The first-order valence-corrected chi connectivity index (χ1v) is 8.62. The van der Waals surface area contributed by atoms with Crippen LogP contribution in [0.3, 0.4) is 0 Å². The van der Waals surface area contributed by atoms with Crippen molar-refractivity contribution >= 4 is 43.7 Å². The molecule has 0 amide bonds. The van der Waals surface area contributed by atoms with Crippen LogP contribution in [-0.4, -0.2) is 19.7 Å². The van der Waals surface area contributed by atoms with Gasteiger partial charge in [0.1, 0.15) is 5.52 Å². The predicted molar refractivity (Wildman–Crippen MR) is 106 cm³/mol. The largest absolute Gasteiger partial charge is 0.353 e. The van der Waals surface area contributed by atoms with Gasteiger partial charge in [-0.3, -0.25) is 0 Å².